The molecule has 0 radical (unpaired) electrons. The van der Waals surface area contributed by atoms with Crippen molar-refractivity contribution >= 4 is 23.5 Å². The number of hydrogen-bond acceptors (Lipinski definition) is 6. The number of hydrogen-bond donors (Lipinski definition) is 1. The van der Waals surface area contributed by atoms with Crippen molar-refractivity contribution in [3.8, 4) is 0 Å². The van der Waals surface area contributed by atoms with Crippen LogP contribution in [0.3, 0.4) is 0 Å². The van der Waals surface area contributed by atoms with Crippen molar-refractivity contribution in [2.45, 2.75) is 49.5 Å². The van der Waals surface area contributed by atoms with Crippen molar-refractivity contribution in [1.29, 1.82) is 0 Å². The zero-order valence-corrected chi connectivity index (χ0v) is 23.5. The molecule has 7 nitrogen and oxygen atoms in total. The van der Waals surface area contributed by atoms with Crippen LogP contribution in [0.1, 0.15) is 43.2 Å². The van der Waals surface area contributed by atoms with E-state index in [1.54, 1.807) is 30.2 Å². The van der Waals surface area contributed by atoms with Crippen molar-refractivity contribution in [3.05, 3.63) is 82.3 Å². The van der Waals surface area contributed by atoms with Crippen LogP contribution in [0, 0.1) is 5.92 Å². The standard InChI is InChI=1S/C31H37ClN2O5/c1-33-16-6-4-3-5-7-17-34-18-14-23-10-13-26(27(28(33)35)31(23,37)29(36)38-2)39-21-30(20-34)15-8-9-22-19-24(32)11-12-25(22)30/h3-4,10-14,18-19,27,37H,5-9,15-17,20-21H2,1-2H3/b4-3-,18-14-/t27?,30-,31-/m0/s1. The van der Waals surface area contributed by atoms with E-state index >= 15 is 0 Å². The molecule has 39 heavy (non-hydrogen) atoms. The summed E-state index contributed by atoms with van der Waals surface area (Å²) in [7, 11) is 2.92. The monoisotopic (exact) mass is 552 g/mol. The third-order valence-corrected chi connectivity index (χ3v) is 8.76. The normalized spacial score (nSPS) is 31.0. The van der Waals surface area contributed by atoms with Crippen LogP contribution < -0.4 is 0 Å². The molecule has 1 aromatic rings. The Morgan fingerprint density at radius 1 is 1.18 bits per heavy atom. The zero-order valence-electron chi connectivity index (χ0n) is 22.7. The third kappa shape index (κ3) is 5.14. The van der Waals surface area contributed by atoms with E-state index in [1.807, 2.05) is 18.3 Å². The van der Waals surface area contributed by atoms with Gasteiger partial charge in [-0.1, -0.05) is 35.9 Å². The number of aliphatic hydroxyl groups is 1. The van der Waals surface area contributed by atoms with Crippen LogP contribution in [0.4, 0.5) is 0 Å². The van der Waals surface area contributed by atoms with Crippen molar-refractivity contribution in [3.63, 3.8) is 0 Å². The van der Waals surface area contributed by atoms with Gasteiger partial charge < -0.3 is 24.4 Å². The van der Waals surface area contributed by atoms with Crippen LogP contribution in [0.2, 0.25) is 5.02 Å². The number of amides is 1. The molecule has 3 atom stereocenters. The molecule has 3 aliphatic heterocycles. The van der Waals surface area contributed by atoms with E-state index in [1.165, 1.54) is 18.2 Å². The Morgan fingerprint density at radius 2 is 2.00 bits per heavy atom. The van der Waals surface area contributed by atoms with Gasteiger partial charge >= 0.3 is 5.97 Å². The van der Waals surface area contributed by atoms with Gasteiger partial charge in [0.25, 0.3) is 0 Å². The molecule has 3 heterocycles. The first kappa shape index (κ1) is 27.5. The van der Waals surface area contributed by atoms with E-state index < -0.39 is 23.4 Å². The van der Waals surface area contributed by atoms with Crippen LogP contribution in [-0.4, -0.2) is 72.8 Å². The lowest BCUT2D eigenvalue weighted by Crippen LogP contribution is -2.56. The Balaban J connectivity index is 1.67. The summed E-state index contributed by atoms with van der Waals surface area (Å²) in [5.41, 5.74) is 0.126. The number of allylic oxidation sites excluding steroid dienone is 3. The van der Waals surface area contributed by atoms with Gasteiger partial charge in [-0.25, -0.2) is 4.79 Å². The molecule has 6 rings (SSSR count). The molecule has 1 N–H and O–H groups in total. The summed E-state index contributed by atoms with van der Waals surface area (Å²) in [5.74, 6) is -2.28. The van der Waals surface area contributed by atoms with E-state index in [0.717, 1.165) is 38.6 Å². The second kappa shape index (κ2) is 11.2. The van der Waals surface area contributed by atoms with Gasteiger partial charge in [0.15, 0.2) is 0 Å². The molecule has 2 aliphatic carbocycles. The number of halogens is 1. The number of methoxy groups -OCH3 is 1. The molecular weight excluding hydrogens is 516 g/mol. The van der Waals surface area contributed by atoms with Crippen LogP contribution in [0.15, 0.2) is 66.1 Å². The van der Waals surface area contributed by atoms with E-state index in [4.69, 9.17) is 21.1 Å². The molecule has 0 aromatic heterocycles. The highest BCUT2D eigenvalue weighted by atomic mass is 35.5. The molecule has 4 bridgehead atoms. The number of nitrogens with zero attached hydrogens (tertiary/aromatic N) is 2. The second-order valence-corrected chi connectivity index (χ2v) is 11.5. The lowest BCUT2D eigenvalue weighted by Gasteiger charge is -2.43. The Hall–Kier alpha value is -3.03. The van der Waals surface area contributed by atoms with E-state index in [0.29, 0.717) is 36.7 Å². The minimum atomic E-state index is -2.22. The second-order valence-electron chi connectivity index (χ2n) is 11.1. The van der Waals surface area contributed by atoms with Crippen molar-refractivity contribution in [2.75, 3.05) is 40.4 Å². The smallest absolute Gasteiger partial charge is 0.343 e. The summed E-state index contributed by atoms with van der Waals surface area (Å²) in [6.07, 6.45) is 16.7. The Bertz CT molecular complexity index is 1250. The molecule has 0 fully saturated rings. The maximum atomic E-state index is 14.0. The van der Waals surface area contributed by atoms with Gasteiger partial charge in [-0.3, -0.25) is 4.79 Å². The van der Waals surface area contributed by atoms with Crippen molar-refractivity contribution in [1.82, 2.24) is 9.80 Å². The summed E-state index contributed by atoms with van der Waals surface area (Å²) in [5, 5.41) is 12.8. The van der Waals surface area contributed by atoms with E-state index in [9.17, 15) is 14.7 Å². The van der Waals surface area contributed by atoms with Crippen LogP contribution in [0.25, 0.3) is 0 Å². The quantitative estimate of drug-likeness (QED) is 0.413. The van der Waals surface area contributed by atoms with Crippen LogP contribution >= 0.6 is 11.6 Å². The third-order valence-electron chi connectivity index (χ3n) is 8.53. The Labute approximate surface area is 235 Å². The highest BCUT2D eigenvalue weighted by Gasteiger charge is 2.56. The average Bonchev–Trinajstić information content (AvgIpc) is 2.97. The fourth-order valence-corrected chi connectivity index (χ4v) is 6.62. The Morgan fingerprint density at radius 3 is 2.82 bits per heavy atom. The van der Waals surface area contributed by atoms with Crippen molar-refractivity contribution < 1.29 is 24.2 Å². The molecule has 1 amide bonds. The minimum absolute atomic E-state index is 0.272. The van der Waals surface area contributed by atoms with Gasteiger partial charge in [0, 0.05) is 37.1 Å². The summed E-state index contributed by atoms with van der Waals surface area (Å²) in [6.45, 7) is 2.23. The molecule has 1 unspecified atom stereocenters. The fraction of sp³-hybridized carbons (Fsp3) is 0.484. The van der Waals surface area contributed by atoms with Gasteiger partial charge in [0.05, 0.1) is 13.7 Å². The minimum Gasteiger partial charge on any atom is -0.496 e. The number of carbonyl (C=O) groups is 2. The molecule has 0 saturated carbocycles. The maximum absolute atomic E-state index is 14.0. The molecule has 5 aliphatic rings. The fourth-order valence-electron chi connectivity index (χ4n) is 6.42. The predicted octanol–water partition coefficient (Wildman–Crippen LogP) is 4.30. The molecule has 1 aromatic carbocycles. The topological polar surface area (TPSA) is 79.3 Å². The van der Waals surface area contributed by atoms with Gasteiger partial charge in [-0.05, 0) is 85.7 Å². The van der Waals surface area contributed by atoms with Crippen LogP contribution in [0.5, 0.6) is 0 Å². The van der Waals surface area contributed by atoms with Gasteiger partial charge in [0.2, 0.25) is 11.5 Å². The Kier molecular flexibility index (Phi) is 7.92. The number of esters is 1. The van der Waals surface area contributed by atoms with E-state index in [-0.39, 0.29) is 11.2 Å². The first-order valence-corrected chi connectivity index (χ1v) is 14.1. The van der Waals surface area contributed by atoms with Gasteiger partial charge in [-0.2, -0.15) is 0 Å². The lowest BCUT2D eigenvalue weighted by atomic mass is 9.70. The zero-order chi connectivity index (χ0) is 27.6. The average molecular weight is 553 g/mol. The highest BCUT2D eigenvalue weighted by Crippen LogP contribution is 2.44. The number of benzene rings is 1. The lowest BCUT2D eigenvalue weighted by molar-refractivity contribution is -0.169. The summed E-state index contributed by atoms with van der Waals surface area (Å²) >= 11 is 6.38. The number of aryl methyl sites for hydroxylation is 1. The molecule has 0 saturated heterocycles. The number of fused-ring (bicyclic) bond motifs is 3. The number of carbonyl (C=O) groups excluding carboxylic acids is 2. The molecule has 8 heteroatoms. The van der Waals surface area contributed by atoms with Crippen molar-refractivity contribution in [2.24, 2.45) is 5.92 Å². The largest absolute Gasteiger partial charge is 0.496 e. The SMILES string of the molecule is COC(=O)[C@]1(O)C2=CC=C3OC[C@]4(CCCc5cc(Cl)ccc54)CN(/C=C\2)CCC/C=C\CCN(C)C(=O)C31. The number of rotatable bonds is 1. The molecular formula is C31H37ClN2O5. The van der Waals surface area contributed by atoms with Crippen LogP contribution in [-0.2, 0) is 30.9 Å². The first-order valence-electron chi connectivity index (χ1n) is 13.8. The molecule has 208 valence electrons. The first-order chi connectivity index (χ1) is 18.8. The number of ether oxygens (including phenoxy) is 2. The maximum Gasteiger partial charge on any atom is 0.343 e. The predicted molar refractivity (Wildman–Crippen MR) is 150 cm³/mol. The summed E-state index contributed by atoms with van der Waals surface area (Å²) in [4.78, 5) is 31.0. The summed E-state index contributed by atoms with van der Waals surface area (Å²) in [6, 6.07) is 6.09. The van der Waals surface area contributed by atoms with E-state index in [2.05, 4.69) is 23.1 Å². The summed E-state index contributed by atoms with van der Waals surface area (Å²) < 4.78 is 11.6. The highest BCUT2D eigenvalue weighted by molar-refractivity contribution is 6.30. The molecule has 1 spiro atoms. The van der Waals surface area contributed by atoms with Gasteiger partial charge in [-0.15, -0.1) is 0 Å². The van der Waals surface area contributed by atoms with Gasteiger partial charge in [0.1, 0.15) is 11.7 Å².